The fourth-order valence-electron chi connectivity index (χ4n) is 0.928. The van der Waals surface area contributed by atoms with Crippen molar-refractivity contribution in [3.63, 3.8) is 0 Å². The number of aryl methyl sites for hydroxylation is 1. The lowest BCUT2D eigenvalue weighted by molar-refractivity contribution is 0.288. The summed E-state index contributed by atoms with van der Waals surface area (Å²) in [5, 5.41) is 13.9. The summed E-state index contributed by atoms with van der Waals surface area (Å²) in [6.45, 7) is 0.287. The van der Waals surface area contributed by atoms with Crippen LogP contribution in [0.3, 0.4) is 0 Å². The summed E-state index contributed by atoms with van der Waals surface area (Å²) in [5.74, 6) is 0. The molecule has 0 saturated heterocycles. The summed E-state index contributed by atoms with van der Waals surface area (Å²) in [5.41, 5.74) is 1.30. The van der Waals surface area contributed by atoms with Gasteiger partial charge in [0.2, 0.25) is 6.08 Å². The fourth-order valence-corrected chi connectivity index (χ4v) is 0.928. The Labute approximate surface area is 77.5 Å². The van der Waals surface area contributed by atoms with Gasteiger partial charge in [-0.2, -0.15) is 0 Å². The van der Waals surface area contributed by atoms with Crippen LogP contribution in [-0.2, 0) is 11.2 Å². The Hall–Kier alpha value is -1.44. The Morgan fingerprint density at radius 2 is 1.85 bits per heavy atom. The SMILES string of the molecule is N=C=O.OCCCc1ccccc1. The van der Waals surface area contributed by atoms with Gasteiger partial charge in [0.1, 0.15) is 0 Å². The highest BCUT2D eigenvalue weighted by atomic mass is 16.2. The molecule has 0 unspecified atom stereocenters. The first-order valence-corrected chi connectivity index (χ1v) is 4.03. The first kappa shape index (κ1) is 11.6. The van der Waals surface area contributed by atoms with Gasteiger partial charge < -0.3 is 5.11 Å². The Morgan fingerprint density at radius 3 is 2.31 bits per heavy atom. The maximum atomic E-state index is 8.53. The normalized spacial score (nSPS) is 8.08. The molecule has 0 radical (unpaired) electrons. The average molecular weight is 179 g/mol. The summed E-state index contributed by atoms with van der Waals surface area (Å²) >= 11 is 0. The first-order chi connectivity index (χ1) is 6.35. The molecule has 0 amide bonds. The number of hydrogen-bond acceptors (Lipinski definition) is 3. The average Bonchev–Trinajstić information content (AvgIpc) is 2.18. The second-order valence-corrected chi connectivity index (χ2v) is 2.41. The predicted octanol–water partition coefficient (Wildman–Crippen LogP) is 1.51. The monoisotopic (exact) mass is 179 g/mol. The number of benzene rings is 1. The highest BCUT2D eigenvalue weighted by Gasteiger charge is 1.87. The van der Waals surface area contributed by atoms with E-state index in [1.807, 2.05) is 18.2 Å². The highest BCUT2D eigenvalue weighted by Crippen LogP contribution is 2.00. The van der Waals surface area contributed by atoms with E-state index in [9.17, 15) is 0 Å². The van der Waals surface area contributed by atoms with Crippen LogP contribution in [0.2, 0.25) is 0 Å². The standard InChI is InChI=1S/C9H12O.CHNO/c10-8-4-7-9-5-2-1-3-6-9;2-1-3/h1-3,5-6,10H,4,7-8H2;2H. The lowest BCUT2D eigenvalue weighted by atomic mass is 10.1. The minimum Gasteiger partial charge on any atom is -0.396 e. The number of hydrogen-bond donors (Lipinski definition) is 2. The van der Waals surface area contributed by atoms with Gasteiger partial charge in [-0.1, -0.05) is 30.3 Å². The van der Waals surface area contributed by atoms with Crippen LogP contribution in [0.5, 0.6) is 0 Å². The molecule has 0 spiro atoms. The maximum absolute atomic E-state index is 8.53. The van der Waals surface area contributed by atoms with Crippen molar-refractivity contribution in [2.45, 2.75) is 12.8 Å². The van der Waals surface area contributed by atoms with Gasteiger partial charge in [-0.15, -0.1) is 0 Å². The van der Waals surface area contributed by atoms with Gasteiger partial charge >= 0.3 is 0 Å². The van der Waals surface area contributed by atoms with Crippen molar-refractivity contribution in [3.8, 4) is 0 Å². The second-order valence-electron chi connectivity index (χ2n) is 2.41. The van der Waals surface area contributed by atoms with E-state index in [1.165, 1.54) is 5.56 Å². The molecule has 1 aromatic carbocycles. The molecule has 0 saturated carbocycles. The molecule has 0 aromatic heterocycles. The van der Waals surface area contributed by atoms with E-state index >= 15 is 0 Å². The predicted molar refractivity (Wildman–Crippen MR) is 50.3 cm³/mol. The van der Waals surface area contributed by atoms with Crippen molar-refractivity contribution in [2.75, 3.05) is 6.61 Å². The van der Waals surface area contributed by atoms with Gasteiger partial charge in [0.25, 0.3) is 0 Å². The van der Waals surface area contributed by atoms with Crippen molar-refractivity contribution in [3.05, 3.63) is 35.9 Å². The maximum Gasteiger partial charge on any atom is 0.231 e. The van der Waals surface area contributed by atoms with Gasteiger partial charge in [-0.25, -0.2) is 10.2 Å². The molecule has 13 heavy (non-hydrogen) atoms. The van der Waals surface area contributed by atoms with Crippen LogP contribution >= 0.6 is 0 Å². The third kappa shape index (κ3) is 6.94. The Morgan fingerprint density at radius 1 is 1.31 bits per heavy atom. The van der Waals surface area contributed by atoms with Crippen molar-refractivity contribution in [2.24, 2.45) is 0 Å². The van der Waals surface area contributed by atoms with Crippen molar-refractivity contribution in [1.82, 2.24) is 0 Å². The Kier molecular flexibility index (Phi) is 7.70. The zero-order valence-electron chi connectivity index (χ0n) is 7.36. The molecule has 0 fully saturated rings. The summed E-state index contributed by atoms with van der Waals surface area (Å²) < 4.78 is 0. The van der Waals surface area contributed by atoms with E-state index in [2.05, 4.69) is 12.1 Å². The molecule has 3 nitrogen and oxygen atoms in total. The van der Waals surface area contributed by atoms with Crippen LogP contribution in [0.15, 0.2) is 30.3 Å². The molecule has 0 aliphatic carbocycles. The van der Waals surface area contributed by atoms with E-state index in [-0.39, 0.29) is 6.61 Å². The summed E-state index contributed by atoms with van der Waals surface area (Å²) in [4.78, 5) is 8.35. The molecule has 2 N–H and O–H groups in total. The van der Waals surface area contributed by atoms with Gasteiger partial charge in [0, 0.05) is 6.61 Å². The molecular formula is C10H13NO2. The first-order valence-electron chi connectivity index (χ1n) is 4.03. The minimum atomic E-state index is 0.287. The lowest BCUT2D eigenvalue weighted by Crippen LogP contribution is -1.87. The Balaban J connectivity index is 0.000000424. The number of nitrogens with one attached hydrogen (secondary N) is 1. The van der Waals surface area contributed by atoms with Crippen LogP contribution in [0.25, 0.3) is 0 Å². The topological polar surface area (TPSA) is 61.2 Å². The number of rotatable bonds is 3. The van der Waals surface area contributed by atoms with Crippen molar-refractivity contribution in [1.29, 1.82) is 5.41 Å². The molecule has 1 aromatic rings. The van der Waals surface area contributed by atoms with E-state index in [4.69, 9.17) is 15.3 Å². The van der Waals surface area contributed by atoms with Crippen molar-refractivity contribution < 1.29 is 9.90 Å². The lowest BCUT2D eigenvalue weighted by Gasteiger charge is -1.96. The highest BCUT2D eigenvalue weighted by molar-refractivity contribution is 5.26. The summed E-state index contributed by atoms with van der Waals surface area (Å²) in [6.07, 6.45) is 2.60. The fraction of sp³-hybridized carbons (Fsp3) is 0.300. The van der Waals surface area contributed by atoms with Crippen LogP contribution < -0.4 is 0 Å². The smallest absolute Gasteiger partial charge is 0.231 e. The number of aliphatic hydroxyl groups excluding tert-OH is 1. The quantitative estimate of drug-likeness (QED) is 0.545. The van der Waals surface area contributed by atoms with Crippen LogP contribution in [-0.4, -0.2) is 17.8 Å². The van der Waals surface area contributed by atoms with Crippen LogP contribution in [0, 0.1) is 5.41 Å². The van der Waals surface area contributed by atoms with E-state index in [0.29, 0.717) is 0 Å². The van der Waals surface area contributed by atoms with Crippen LogP contribution in [0.4, 0.5) is 0 Å². The van der Waals surface area contributed by atoms with E-state index in [1.54, 1.807) is 0 Å². The van der Waals surface area contributed by atoms with Crippen LogP contribution in [0.1, 0.15) is 12.0 Å². The third-order valence-corrected chi connectivity index (χ3v) is 1.47. The molecule has 0 heterocycles. The Bertz CT molecular complexity index is 240. The van der Waals surface area contributed by atoms with Gasteiger partial charge in [-0.05, 0) is 18.4 Å². The van der Waals surface area contributed by atoms with E-state index in [0.717, 1.165) is 18.9 Å². The van der Waals surface area contributed by atoms with Gasteiger partial charge in [0.05, 0.1) is 0 Å². The minimum absolute atomic E-state index is 0.287. The number of isocyanates is 1. The molecule has 0 aliphatic rings. The van der Waals surface area contributed by atoms with Gasteiger partial charge in [0.15, 0.2) is 0 Å². The molecule has 3 heteroatoms. The summed E-state index contributed by atoms with van der Waals surface area (Å²) in [6, 6.07) is 10.2. The molecule has 0 bridgehead atoms. The van der Waals surface area contributed by atoms with Crippen molar-refractivity contribution >= 4 is 6.08 Å². The van der Waals surface area contributed by atoms with E-state index < -0.39 is 0 Å². The molecule has 0 atom stereocenters. The zero-order chi connectivity index (χ0) is 9.94. The second kappa shape index (κ2) is 8.65. The molecular weight excluding hydrogens is 166 g/mol. The third-order valence-electron chi connectivity index (χ3n) is 1.47. The molecule has 1 rings (SSSR count). The summed E-state index contributed by atoms with van der Waals surface area (Å²) in [7, 11) is 0. The number of aliphatic hydroxyl groups is 1. The zero-order valence-corrected chi connectivity index (χ0v) is 7.36. The number of carbonyl (C=O) groups excluding carboxylic acids is 1. The largest absolute Gasteiger partial charge is 0.396 e. The van der Waals surface area contributed by atoms with Gasteiger partial charge in [-0.3, -0.25) is 0 Å². The molecule has 0 aliphatic heterocycles. The molecule has 70 valence electrons.